The van der Waals surface area contributed by atoms with Crippen molar-refractivity contribution in [1.29, 1.82) is 0 Å². The van der Waals surface area contributed by atoms with Crippen molar-refractivity contribution in [2.24, 2.45) is 11.3 Å². The molecule has 0 aromatic heterocycles. The second kappa shape index (κ2) is 5.90. The Bertz CT molecular complexity index is 353. The van der Waals surface area contributed by atoms with E-state index in [2.05, 4.69) is 10.6 Å². The molecule has 2 fully saturated rings. The van der Waals surface area contributed by atoms with Gasteiger partial charge in [0, 0.05) is 12.6 Å². The van der Waals surface area contributed by atoms with Gasteiger partial charge in [0.1, 0.15) is 0 Å². The van der Waals surface area contributed by atoms with Crippen LogP contribution in [-0.4, -0.2) is 36.1 Å². The minimum Gasteiger partial charge on any atom is -0.481 e. The van der Waals surface area contributed by atoms with Crippen LogP contribution in [0.4, 0.5) is 0 Å². The number of carboxylic acid groups (broad SMARTS) is 1. The highest BCUT2D eigenvalue weighted by molar-refractivity contribution is 5.81. The van der Waals surface area contributed by atoms with Crippen molar-refractivity contribution in [2.75, 3.05) is 13.1 Å². The summed E-state index contributed by atoms with van der Waals surface area (Å²) in [5.74, 6) is -0.778. The fourth-order valence-corrected chi connectivity index (χ4v) is 3.19. The van der Waals surface area contributed by atoms with Crippen LogP contribution in [0, 0.1) is 11.3 Å². The van der Waals surface area contributed by atoms with E-state index in [4.69, 9.17) is 0 Å². The maximum absolute atomic E-state index is 12.2. The van der Waals surface area contributed by atoms with E-state index in [-0.39, 0.29) is 17.9 Å². The lowest BCUT2D eigenvalue weighted by molar-refractivity contribution is -0.152. The van der Waals surface area contributed by atoms with Crippen molar-refractivity contribution in [3.05, 3.63) is 0 Å². The van der Waals surface area contributed by atoms with E-state index in [1.807, 2.05) is 0 Å². The molecule has 0 aromatic rings. The smallest absolute Gasteiger partial charge is 0.311 e. The Hall–Kier alpha value is -1.10. The molecule has 2 rings (SSSR count). The number of hydrogen-bond acceptors (Lipinski definition) is 3. The largest absolute Gasteiger partial charge is 0.481 e. The Labute approximate surface area is 114 Å². The van der Waals surface area contributed by atoms with Crippen LogP contribution < -0.4 is 10.6 Å². The first-order chi connectivity index (χ1) is 9.04. The summed E-state index contributed by atoms with van der Waals surface area (Å²) >= 11 is 0. The normalized spacial score (nSPS) is 35.6. The van der Waals surface area contributed by atoms with Crippen LogP contribution >= 0.6 is 0 Å². The topological polar surface area (TPSA) is 78.4 Å². The zero-order valence-corrected chi connectivity index (χ0v) is 11.6. The molecule has 2 unspecified atom stereocenters. The maximum atomic E-state index is 12.2. The maximum Gasteiger partial charge on any atom is 0.311 e. The zero-order chi connectivity index (χ0) is 13.9. The molecule has 0 bridgehead atoms. The summed E-state index contributed by atoms with van der Waals surface area (Å²) in [5, 5.41) is 15.6. The third kappa shape index (κ3) is 3.08. The SMILES string of the molecule is CC1(C(=O)O)CCCCC1NC(=O)[C@H]1CCCNC1. The molecule has 1 aliphatic heterocycles. The molecule has 5 heteroatoms. The molecule has 108 valence electrons. The molecule has 5 nitrogen and oxygen atoms in total. The van der Waals surface area contributed by atoms with Gasteiger partial charge in [0.25, 0.3) is 0 Å². The molecule has 1 saturated carbocycles. The van der Waals surface area contributed by atoms with E-state index >= 15 is 0 Å². The zero-order valence-electron chi connectivity index (χ0n) is 11.6. The number of nitrogens with one attached hydrogen (secondary N) is 2. The molecule has 0 spiro atoms. The summed E-state index contributed by atoms with van der Waals surface area (Å²) < 4.78 is 0. The van der Waals surface area contributed by atoms with Crippen LogP contribution in [0.5, 0.6) is 0 Å². The summed E-state index contributed by atoms with van der Waals surface area (Å²) in [6.07, 6.45) is 5.26. The van der Waals surface area contributed by atoms with Gasteiger partial charge in [0.2, 0.25) is 5.91 Å². The molecule has 19 heavy (non-hydrogen) atoms. The number of aliphatic carboxylic acids is 1. The summed E-state index contributed by atoms with van der Waals surface area (Å²) in [5.41, 5.74) is -0.810. The first-order valence-electron chi connectivity index (χ1n) is 7.28. The molecular weight excluding hydrogens is 244 g/mol. The number of carbonyl (C=O) groups excluding carboxylic acids is 1. The Kier molecular flexibility index (Phi) is 4.45. The molecule has 0 radical (unpaired) electrons. The number of piperidine rings is 1. The molecular formula is C14H24N2O3. The highest BCUT2D eigenvalue weighted by Crippen LogP contribution is 2.36. The summed E-state index contributed by atoms with van der Waals surface area (Å²) in [7, 11) is 0. The minimum absolute atomic E-state index is 0.00581. The van der Waals surface area contributed by atoms with Gasteiger partial charge in [-0.3, -0.25) is 9.59 Å². The van der Waals surface area contributed by atoms with Crippen molar-refractivity contribution in [2.45, 2.75) is 51.5 Å². The molecule has 1 saturated heterocycles. The van der Waals surface area contributed by atoms with E-state index < -0.39 is 11.4 Å². The molecule has 3 atom stereocenters. The van der Waals surface area contributed by atoms with Gasteiger partial charge in [0.05, 0.1) is 11.3 Å². The minimum atomic E-state index is -0.810. The fraction of sp³-hybridized carbons (Fsp3) is 0.857. The average molecular weight is 268 g/mol. The molecule has 2 aliphatic rings. The van der Waals surface area contributed by atoms with Gasteiger partial charge in [0.15, 0.2) is 0 Å². The van der Waals surface area contributed by atoms with E-state index in [1.54, 1.807) is 6.92 Å². The van der Waals surface area contributed by atoms with Crippen molar-refractivity contribution in [1.82, 2.24) is 10.6 Å². The predicted molar refractivity (Wildman–Crippen MR) is 71.7 cm³/mol. The van der Waals surface area contributed by atoms with Gasteiger partial charge in [-0.05, 0) is 39.2 Å². The number of carboxylic acids is 1. The first-order valence-corrected chi connectivity index (χ1v) is 7.28. The quantitative estimate of drug-likeness (QED) is 0.717. The van der Waals surface area contributed by atoms with Crippen LogP contribution in [0.3, 0.4) is 0 Å². The van der Waals surface area contributed by atoms with E-state index in [9.17, 15) is 14.7 Å². The first kappa shape index (κ1) is 14.3. The summed E-state index contributed by atoms with van der Waals surface area (Å²) in [6.45, 7) is 3.45. The van der Waals surface area contributed by atoms with Crippen LogP contribution in [-0.2, 0) is 9.59 Å². The number of hydrogen-bond donors (Lipinski definition) is 3. The Morgan fingerprint density at radius 2 is 2.05 bits per heavy atom. The van der Waals surface area contributed by atoms with Crippen molar-refractivity contribution >= 4 is 11.9 Å². The highest BCUT2D eigenvalue weighted by Gasteiger charge is 2.44. The van der Waals surface area contributed by atoms with Gasteiger partial charge in [-0.15, -0.1) is 0 Å². The van der Waals surface area contributed by atoms with Gasteiger partial charge >= 0.3 is 5.97 Å². The number of rotatable bonds is 3. The second-order valence-electron chi connectivity index (χ2n) is 6.07. The van der Waals surface area contributed by atoms with Crippen molar-refractivity contribution in [3.63, 3.8) is 0 Å². The molecule has 0 aromatic carbocycles. The molecule has 1 heterocycles. The van der Waals surface area contributed by atoms with Gasteiger partial charge < -0.3 is 15.7 Å². The predicted octanol–water partition coefficient (Wildman–Crippen LogP) is 1.14. The van der Waals surface area contributed by atoms with Crippen LogP contribution in [0.25, 0.3) is 0 Å². The average Bonchev–Trinajstić information content (AvgIpc) is 2.42. The van der Waals surface area contributed by atoms with E-state index in [0.29, 0.717) is 13.0 Å². The van der Waals surface area contributed by atoms with E-state index in [0.717, 1.165) is 38.6 Å². The van der Waals surface area contributed by atoms with Crippen LogP contribution in [0.15, 0.2) is 0 Å². The monoisotopic (exact) mass is 268 g/mol. The molecule has 1 amide bonds. The molecule has 1 aliphatic carbocycles. The third-order valence-electron chi connectivity index (χ3n) is 4.68. The number of amides is 1. The Balaban J connectivity index is 1.99. The summed E-state index contributed by atoms with van der Waals surface area (Å²) in [6, 6.07) is -0.229. The lowest BCUT2D eigenvalue weighted by Crippen LogP contribution is -2.54. The van der Waals surface area contributed by atoms with Crippen molar-refractivity contribution < 1.29 is 14.7 Å². The lowest BCUT2D eigenvalue weighted by Gasteiger charge is -2.39. The second-order valence-corrected chi connectivity index (χ2v) is 6.07. The Morgan fingerprint density at radius 3 is 2.68 bits per heavy atom. The van der Waals surface area contributed by atoms with Crippen LogP contribution in [0.1, 0.15) is 45.4 Å². The summed E-state index contributed by atoms with van der Waals surface area (Å²) in [4.78, 5) is 23.7. The standard InChI is InChI=1S/C14H24N2O3/c1-14(13(18)19)7-3-2-6-11(14)16-12(17)10-5-4-8-15-9-10/h10-11,15H,2-9H2,1H3,(H,16,17)(H,18,19)/t10-,11?,14?/m0/s1. The van der Waals surface area contributed by atoms with Gasteiger partial charge in [-0.1, -0.05) is 12.8 Å². The molecule has 3 N–H and O–H groups in total. The fourth-order valence-electron chi connectivity index (χ4n) is 3.19. The number of carbonyl (C=O) groups is 2. The highest BCUT2D eigenvalue weighted by atomic mass is 16.4. The Morgan fingerprint density at radius 1 is 1.26 bits per heavy atom. The van der Waals surface area contributed by atoms with Crippen LogP contribution in [0.2, 0.25) is 0 Å². The third-order valence-corrected chi connectivity index (χ3v) is 4.68. The van der Waals surface area contributed by atoms with Crippen molar-refractivity contribution in [3.8, 4) is 0 Å². The van der Waals surface area contributed by atoms with E-state index in [1.165, 1.54) is 0 Å². The van der Waals surface area contributed by atoms with Gasteiger partial charge in [-0.25, -0.2) is 0 Å². The lowest BCUT2D eigenvalue weighted by atomic mass is 9.71. The van der Waals surface area contributed by atoms with Gasteiger partial charge in [-0.2, -0.15) is 0 Å².